The predicted molar refractivity (Wildman–Crippen MR) is 166 cm³/mol. The summed E-state index contributed by atoms with van der Waals surface area (Å²) >= 11 is 0. The number of rotatable bonds is 5. The molecule has 0 amide bonds. The second kappa shape index (κ2) is 16.3. The van der Waals surface area contributed by atoms with Gasteiger partial charge < -0.3 is 0 Å². The van der Waals surface area contributed by atoms with E-state index in [4.69, 9.17) is 0 Å². The lowest BCUT2D eigenvalue weighted by Gasteiger charge is -2.18. The minimum atomic E-state index is -3.33. The van der Waals surface area contributed by atoms with E-state index in [0.717, 1.165) is 12.8 Å². The maximum Gasteiger partial charge on any atom is 0.240 e. The van der Waals surface area contributed by atoms with Gasteiger partial charge in [0.05, 0.1) is 4.90 Å². The lowest BCUT2D eigenvalue weighted by atomic mass is 9.87. The standard InChI is InChI=1S/C13H21NO2S.C10H14.2C5H12/c1-13(2,3)10-7-11-14-17(15,16)12-8-5-4-6-9-12;1-10(2,3)9-7-5-4-6-8-9;2*1-5(2,3)4/h4-6,8-9,14H,7,10-11H2,1-3H3;4-8H,1-3H3;2*1-4H3. The van der Waals surface area contributed by atoms with Crippen molar-refractivity contribution < 1.29 is 8.42 Å². The summed E-state index contributed by atoms with van der Waals surface area (Å²) in [6, 6.07) is 19.0. The molecule has 2 aromatic rings. The Morgan fingerprint density at radius 1 is 0.595 bits per heavy atom. The Morgan fingerprint density at radius 2 is 0.946 bits per heavy atom. The van der Waals surface area contributed by atoms with Gasteiger partial charge in [-0.05, 0) is 52.2 Å². The lowest BCUT2D eigenvalue weighted by Crippen LogP contribution is -2.25. The van der Waals surface area contributed by atoms with Gasteiger partial charge in [-0.25, -0.2) is 13.1 Å². The van der Waals surface area contributed by atoms with E-state index in [1.54, 1.807) is 30.3 Å². The van der Waals surface area contributed by atoms with Crippen molar-refractivity contribution in [1.82, 2.24) is 4.72 Å². The van der Waals surface area contributed by atoms with E-state index in [9.17, 15) is 8.42 Å². The van der Waals surface area contributed by atoms with Crippen LogP contribution in [0.1, 0.15) is 115 Å². The highest BCUT2D eigenvalue weighted by atomic mass is 32.2. The summed E-state index contributed by atoms with van der Waals surface area (Å²) in [5.74, 6) is 0. The molecule has 0 heterocycles. The molecule has 0 aliphatic heterocycles. The molecule has 2 aromatic carbocycles. The molecule has 0 saturated carbocycles. The summed E-state index contributed by atoms with van der Waals surface area (Å²) in [7, 11) is -3.33. The van der Waals surface area contributed by atoms with Gasteiger partial charge in [0.1, 0.15) is 0 Å². The Labute approximate surface area is 231 Å². The highest BCUT2D eigenvalue weighted by Gasteiger charge is 2.14. The Bertz CT molecular complexity index is 898. The van der Waals surface area contributed by atoms with Gasteiger partial charge in [0.2, 0.25) is 10.0 Å². The number of hydrogen-bond acceptors (Lipinski definition) is 2. The molecule has 0 aromatic heterocycles. The van der Waals surface area contributed by atoms with Crippen LogP contribution in [-0.2, 0) is 15.4 Å². The maximum absolute atomic E-state index is 11.8. The highest BCUT2D eigenvalue weighted by molar-refractivity contribution is 7.89. The molecule has 0 unspecified atom stereocenters. The highest BCUT2D eigenvalue weighted by Crippen LogP contribution is 2.21. The fraction of sp³-hybridized carbons (Fsp3) is 0.636. The molecule has 1 N–H and O–H groups in total. The molecule has 0 aliphatic carbocycles. The van der Waals surface area contributed by atoms with Gasteiger partial charge in [0.15, 0.2) is 0 Å². The molecule has 4 heteroatoms. The summed E-state index contributed by atoms with van der Waals surface area (Å²) < 4.78 is 26.3. The third kappa shape index (κ3) is 28.8. The summed E-state index contributed by atoms with van der Waals surface area (Å²) in [5.41, 5.74) is 2.94. The number of hydrogen-bond donors (Lipinski definition) is 1. The average molecular weight is 534 g/mol. The van der Waals surface area contributed by atoms with E-state index < -0.39 is 10.0 Å². The van der Waals surface area contributed by atoms with Crippen LogP contribution in [0.3, 0.4) is 0 Å². The van der Waals surface area contributed by atoms with Crippen molar-refractivity contribution in [3.63, 3.8) is 0 Å². The molecule has 0 aliphatic rings. The monoisotopic (exact) mass is 533 g/mol. The van der Waals surface area contributed by atoms with E-state index in [-0.39, 0.29) is 5.41 Å². The van der Waals surface area contributed by atoms with Crippen LogP contribution in [0.4, 0.5) is 0 Å². The van der Waals surface area contributed by atoms with E-state index >= 15 is 0 Å². The van der Waals surface area contributed by atoms with Gasteiger partial charge in [-0.3, -0.25) is 0 Å². The van der Waals surface area contributed by atoms with Gasteiger partial charge in [-0.15, -0.1) is 0 Å². The normalized spacial score (nSPS) is 12.2. The third-order valence-corrected chi connectivity index (χ3v) is 5.57. The number of benzene rings is 2. The molecule has 2 rings (SSSR count). The first-order chi connectivity index (χ1) is 16.4. The van der Waals surface area contributed by atoms with E-state index in [2.05, 4.69) is 132 Å². The average Bonchev–Trinajstić information content (AvgIpc) is 2.69. The van der Waals surface area contributed by atoms with Crippen molar-refractivity contribution in [2.24, 2.45) is 16.2 Å². The van der Waals surface area contributed by atoms with Gasteiger partial charge in [0.25, 0.3) is 0 Å². The molecule has 0 bridgehead atoms. The minimum Gasteiger partial charge on any atom is -0.211 e. The molecule has 0 fully saturated rings. The third-order valence-electron chi connectivity index (χ3n) is 4.09. The fourth-order valence-electron chi connectivity index (χ4n) is 2.45. The predicted octanol–water partition coefficient (Wildman–Crippen LogP) is 9.88. The van der Waals surface area contributed by atoms with Crippen LogP contribution in [-0.4, -0.2) is 15.0 Å². The smallest absolute Gasteiger partial charge is 0.211 e. The van der Waals surface area contributed by atoms with Crippen molar-refractivity contribution in [3.8, 4) is 0 Å². The molecule has 0 radical (unpaired) electrons. The first-order valence-corrected chi connectivity index (χ1v) is 15.0. The van der Waals surface area contributed by atoms with E-state index in [0.29, 0.717) is 27.7 Å². The first kappa shape index (κ1) is 37.5. The van der Waals surface area contributed by atoms with Crippen LogP contribution in [0.5, 0.6) is 0 Å². The summed E-state index contributed by atoms with van der Waals surface area (Å²) in [4.78, 5) is 0.329. The van der Waals surface area contributed by atoms with Crippen molar-refractivity contribution in [1.29, 1.82) is 0 Å². The molecule has 214 valence electrons. The Hall–Kier alpha value is -1.65. The molecule has 0 atom stereocenters. The molecule has 0 spiro atoms. The van der Waals surface area contributed by atoms with Crippen LogP contribution in [0, 0.1) is 16.2 Å². The summed E-state index contributed by atoms with van der Waals surface area (Å²) in [5, 5.41) is 0. The first-order valence-electron chi connectivity index (χ1n) is 13.5. The fourth-order valence-corrected chi connectivity index (χ4v) is 3.54. The van der Waals surface area contributed by atoms with Crippen molar-refractivity contribution in [2.75, 3.05) is 6.54 Å². The van der Waals surface area contributed by atoms with Crippen LogP contribution in [0.15, 0.2) is 65.6 Å². The molecule has 0 saturated heterocycles. The molecule has 37 heavy (non-hydrogen) atoms. The molecular formula is C33H59NO2S. The largest absolute Gasteiger partial charge is 0.240 e. The minimum absolute atomic E-state index is 0.248. The van der Waals surface area contributed by atoms with Crippen LogP contribution < -0.4 is 4.72 Å². The second-order valence-corrected chi connectivity index (χ2v) is 16.8. The zero-order valence-electron chi connectivity index (χ0n) is 26.6. The Morgan fingerprint density at radius 3 is 1.24 bits per heavy atom. The molecular weight excluding hydrogens is 474 g/mol. The van der Waals surface area contributed by atoms with Gasteiger partial charge in [-0.1, -0.05) is 145 Å². The van der Waals surface area contributed by atoms with Crippen LogP contribution in [0.2, 0.25) is 0 Å². The van der Waals surface area contributed by atoms with Crippen LogP contribution in [0.25, 0.3) is 0 Å². The topological polar surface area (TPSA) is 46.2 Å². The quantitative estimate of drug-likeness (QED) is 0.389. The summed E-state index contributed by atoms with van der Waals surface area (Å²) in [6.45, 7) is 31.1. The maximum atomic E-state index is 11.8. The van der Waals surface area contributed by atoms with Crippen LogP contribution >= 0.6 is 0 Å². The van der Waals surface area contributed by atoms with Gasteiger partial charge >= 0.3 is 0 Å². The zero-order valence-corrected chi connectivity index (χ0v) is 27.4. The number of nitrogens with one attached hydrogen (secondary N) is 1. The Balaban J connectivity index is 0. The van der Waals surface area contributed by atoms with Crippen molar-refractivity contribution in [2.45, 2.75) is 120 Å². The zero-order chi connectivity index (χ0) is 29.6. The number of sulfonamides is 1. The second-order valence-electron chi connectivity index (χ2n) is 15.0. The van der Waals surface area contributed by atoms with E-state index in [1.807, 2.05) is 0 Å². The van der Waals surface area contributed by atoms with Gasteiger partial charge in [-0.2, -0.15) is 0 Å². The summed E-state index contributed by atoms with van der Waals surface area (Å²) in [6.07, 6.45) is 1.86. The lowest BCUT2D eigenvalue weighted by molar-refractivity contribution is 0.365. The van der Waals surface area contributed by atoms with Crippen molar-refractivity contribution in [3.05, 3.63) is 66.2 Å². The van der Waals surface area contributed by atoms with Crippen molar-refractivity contribution >= 4 is 10.0 Å². The van der Waals surface area contributed by atoms with E-state index in [1.165, 1.54) is 5.56 Å². The SMILES string of the molecule is CC(C)(C)C.CC(C)(C)C.CC(C)(C)CCCNS(=O)(=O)c1ccccc1.CC(C)(C)c1ccccc1. The van der Waals surface area contributed by atoms with Gasteiger partial charge in [0, 0.05) is 6.54 Å². The molecule has 3 nitrogen and oxygen atoms in total. The Kier molecular flexibility index (Phi) is 16.6.